The van der Waals surface area contributed by atoms with Crippen molar-refractivity contribution < 1.29 is 55.5 Å². The quantitative estimate of drug-likeness (QED) is 0.401. The number of aliphatic imine (C=N–C) groups is 1. The zero-order valence-electron chi connectivity index (χ0n) is 20.9. The molecule has 2 N–H and O–H groups in total. The van der Waals surface area contributed by atoms with Crippen LogP contribution in [-0.2, 0) is 20.2 Å². The summed E-state index contributed by atoms with van der Waals surface area (Å²) in [6, 6.07) is 8.64. The molecule has 0 aliphatic heterocycles. The fraction of sp³-hybridized carbons (Fsp3) is 0.240. The summed E-state index contributed by atoms with van der Waals surface area (Å²) in [6.07, 6.45) is 5.45. The van der Waals surface area contributed by atoms with Crippen LogP contribution in [0.2, 0.25) is 0 Å². The van der Waals surface area contributed by atoms with Crippen LogP contribution in [0.5, 0.6) is 0 Å². The van der Waals surface area contributed by atoms with Crippen LogP contribution >= 0.6 is 0 Å². The largest absolute Gasteiger partial charge is 1.00 e. The molecule has 0 bridgehead atoms. The van der Waals surface area contributed by atoms with Gasteiger partial charge in [-0.15, -0.1) is 0 Å². The molecule has 0 saturated heterocycles. The minimum Gasteiger partial charge on any atom is -0.744 e. The molecule has 186 valence electrons. The molecule has 11 heteroatoms. The van der Waals surface area contributed by atoms with Gasteiger partial charge in [0, 0.05) is 29.9 Å². The second kappa shape index (κ2) is 12.0. The second-order valence-electron chi connectivity index (χ2n) is 8.02. The summed E-state index contributed by atoms with van der Waals surface area (Å²) >= 11 is 0. The molecule has 36 heavy (non-hydrogen) atoms. The predicted molar refractivity (Wildman–Crippen MR) is 136 cm³/mol. The van der Waals surface area contributed by atoms with E-state index in [0.29, 0.717) is 41.6 Å². The normalized spacial score (nSPS) is 16.4. The van der Waals surface area contributed by atoms with Crippen LogP contribution in [0.25, 0.3) is 5.57 Å². The predicted octanol–water partition coefficient (Wildman–Crippen LogP) is 1.36. The van der Waals surface area contributed by atoms with E-state index in [-0.39, 0.29) is 35.1 Å². The molecule has 1 aliphatic rings. The molecule has 0 spiro atoms. The summed E-state index contributed by atoms with van der Waals surface area (Å²) in [6.45, 7) is 8.78. The van der Waals surface area contributed by atoms with Gasteiger partial charge in [-0.1, -0.05) is 23.8 Å². The molecule has 0 unspecified atom stereocenters. The smallest absolute Gasteiger partial charge is 0.744 e. The summed E-state index contributed by atoms with van der Waals surface area (Å²) in [5.41, 5.74) is 4.94. The fourth-order valence-electron chi connectivity index (χ4n) is 3.90. The van der Waals surface area contributed by atoms with Gasteiger partial charge in [-0.3, -0.25) is 9.55 Å². The van der Waals surface area contributed by atoms with E-state index < -0.39 is 30.0 Å². The van der Waals surface area contributed by atoms with Gasteiger partial charge in [0.15, 0.2) is 0 Å². The summed E-state index contributed by atoms with van der Waals surface area (Å²) < 4.78 is 69.8. The fourth-order valence-corrected chi connectivity index (χ4v) is 5.19. The monoisotopic (exact) mass is 538 g/mol. The van der Waals surface area contributed by atoms with Crippen molar-refractivity contribution in [2.24, 2.45) is 4.99 Å². The summed E-state index contributed by atoms with van der Waals surface area (Å²) in [4.78, 5) is 3.02. The number of aryl methyl sites for hydroxylation is 1. The van der Waals surface area contributed by atoms with E-state index in [2.05, 4.69) is 10.3 Å². The number of rotatable bonds is 7. The number of allylic oxidation sites excluding steroid dienone is 5. The van der Waals surface area contributed by atoms with Crippen molar-refractivity contribution in [3.8, 4) is 0 Å². The van der Waals surface area contributed by atoms with Crippen LogP contribution < -0.4 is 34.9 Å². The van der Waals surface area contributed by atoms with Crippen molar-refractivity contribution in [3.05, 3.63) is 82.5 Å². The Kier molecular flexibility index (Phi) is 10.1. The molecule has 0 radical (unpaired) electrons. The molecular weight excluding hydrogens is 511 g/mol. The van der Waals surface area contributed by atoms with Gasteiger partial charge >= 0.3 is 29.6 Å². The molecule has 0 saturated carbocycles. The molecule has 3 rings (SSSR count). The van der Waals surface area contributed by atoms with Gasteiger partial charge in [0.25, 0.3) is 10.1 Å². The van der Waals surface area contributed by atoms with Crippen LogP contribution in [-0.4, -0.2) is 44.7 Å². The minimum atomic E-state index is -5.12. The molecule has 0 atom stereocenters. The van der Waals surface area contributed by atoms with Crippen molar-refractivity contribution in [2.45, 2.75) is 37.5 Å². The first-order valence-corrected chi connectivity index (χ1v) is 13.8. The van der Waals surface area contributed by atoms with Crippen molar-refractivity contribution in [3.63, 3.8) is 0 Å². The number of nitrogens with one attached hydrogen (secondary N) is 1. The number of hydrogen-bond acceptors (Lipinski definition) is 7. The van der Waals surface area contributed by atoms with Gasteiger partial charge < -0.3 is 9.87 Å². The van der Waals surface area contributed by atoms with Gasteiger partial charge in [-0.2, -0.15) is 8.42 Å². The first-order valence-electron chi connectivity index (χ1n) is 10.9. The molecule has 0 aromatic heterocycles. The van der Waals surface area contributed by atoms with Crippen molar-refractivity contribution >= 4 is 37.2 Å². The van der Waals surface area contributed by atoms with E-state index in [1.165, 1.54) is 6.07 Å². The molecule has 2 aromatic rings. The molecule has 1 aliphatic carbocycles. The van der Waals surface area contributed by atoms with Crippen LogP contribution in [0.3, 0.4) is 0 Å². The van der Waals surface area contributed by atoms with Gasteiger partial charge in [-0.05, 0) is 80.8 Å². The molecule has 0 amide bonds. The average molecular weight is 539 g/mol. The van der Waals surface area contributed by atoms with E-state index in [1.807, 2.05) is 58.0 Å². The number of nitrogens with zero attached hydrogens (tertiary/aromatic N) is 1. The first-order chi connectivity index (χ1) is 16.4. The zero-order chi connectivity index (χ0) is 26.0. The van der Waals surface area contributed by atoms with Crippen LogP contribution in [0.15, 0.2) is 80.6 Å². The summed E-state index contributed by atoms with van der Waals surface area (Å²) in [5, 5.41) is 3.26. The van der Waals surface area contributed by atoms with Gasteiger partial charge in [-0.25, -0.2) is 8.42 Å². The second-order valence-corrected chi connectivity index (χ2v) is 10.8. The van der Waals surface area contributed by atoms with E-state index in [4.69, 9.17) is 0 Å². The standard InChI is InChI=1S/C25H28N2O6S2.Na/c1-5-26-22-12-8-18(14-17(22)4)25(21-13-16(3)7-11-23(21)27-6-2)20-10-9-19(34(28,29)30)15-24(20)35(31,32)33;/h7-15,27H,5-6H2,1-4H3,(H,28,29,30)(H,31,32,33);/q;+1/p-1. The zero-order valence-corrected chi connectivity index (χ0v) is 24.5. The van der Waals surface area contributed by atoms with E-state index >= 15 is 0 Å². The van der Waals surface area contributed by atoms with Crippen molar-refractivity contribution in [1.29, 1.82) is 0 Å². The number of anilines is 1. The summed E-state index contributed by atoms with van der Waals surface area (Å²) in [7, 11) is -9.86. The molecule has 0 fully saturated rings. The third-order valence-electron chi connectivity index (χ3n) is 5.42. The maximum Gasteiger partial charge on any atom is 1.00 e. The van der Waals surface area contributed by atoms with Crippen molar-refractivity contribution in [1.82, 2.24) is 0 Å². The maximum atomic E-state index is 12.3. The topological polar surface area (TPSA) is 136 Å². The number of hydrogen-bond donors (Lipinski definition) is 2. The Bertz CT molecular complexity index is 1500. The first kappa shape index (κ1) is 30.2. The third-order valence-corrected chi connectivity index (χ3v) is 7.14. The Labute approximate surface area is 234 Å². The van der Waals surface area contributed by atoms with E-state index in [1.54, 1.807) is 6.08 Å². The molecular formula is C25H27N2NaO6S2. The van der Waals surface area contributed by atoms with Gasteiger partial charge in [0.05, 0.1) is 15.5 Å². The molecule has 0 heterocycles. The van der Waals surface area contributed by atoms with E-state index in [9.17, 15) is 25.9 Å². The molecule has 8 nitrogen and oxygen atoms in total. The maximum absolute atomic E-state index is 12.3. The van der Waals surface area contributed by atoms with Gasteiger partial charge in [0.2, 0.25) is 0 Å². The van der Waals surface area contributed by atoms with Crippen LogP contribution in [0.1, 0.15) is 37.5 Å². The average Bonchev–Trinajstić information content (AvgIpc) is 2.76. The van der Waals surface area contributed by atoms with E-state index in [0.717, 1.165) is 22.9 Å². The Balaban J connectivity index is 0.00000456. The Morgan fingerprint density at radius 3 is 2.25 bits per heavy atom. The number of benzene rings is 2. The third kappa shape index (κ3) is 6.83. The Hall–Kier alpha value is -2.05. The van der Waals surface area contributed by atoms with Crippen LogP contribution in [0.4, 0.5) is 5.69 Å². The minimum absolute atomic E-state index is 0. The Morgan fingerprint density at radius 2 is 1.69 bits per heavy atom. The SMILES string of the molecule is CCN=C1C=CC(=C(c2cc(C)ccc2NCC)c2ccc(S(=O)(=O)O)cc2S(=O)(=O)[O-])C=C1C.[Na+]. The summed E-state index contributed by atoms with van der Waals surface area (Å²) in [5.74, 6) is 0. The Morgan fingerprint density at radius 1 is 1.00 bits per heavy atom. The van der Waals surface area contributed by atoms with Crippen molar-refractivity contribution in [2.75, 3.05) is 18.4 Å². The van der Waals surface area contributed by atoms with Crippen LogP contribution in [0, 0.1) is 6.92 Å². The van der Waals surface area contributed by atoms with Gasteiger partial charge in [0.1, 0.15) is 10.1 Å². The molecule has 2 aromatic carbocycles.